The summed E-state index contributed by atoms with van der Waals surface area (Å²) < 4.78 is 14.0. The largest absolute Gasteiger partial charge is 0.370 e. The van der Waals surface area contributed by atoms with Gasteiger partial charge in [-0.05, 0) is 78.6 Å². The number of rotatable bonds is 8. The first-order chi connectivity index (χ1) is 18.6. The Morgan fingerprint density at radius 2 is 1.90 bits per heavy atom. The summed E-state index contributed by atoms with van der Waals surface area (Å²) in [6.07, 6.45) is 7.83. The van der Waals surface area contributed by atoms with Crippen LogP contribution in [0.3, 0.4) is 0 Å². The van der Waals surface area contributed by atoms with Crippen molar-refractivity contribution >= 4 is 28.2 Å². The number of nitrogens with one attached hydrogen (secondary N) is 2. The van der Waals surface area contributed by atoms with Crippen molar-refractivity contribution in [3.63, 3.8) is 0 Å². The number of pyridine rings is 1. The zero-order valence-corrected chi connectivity index (χ0v) is 23.8. The van der Waals surface area contributed by atoms with Crippen molar-refractivity contribution in [3.05, 3.63) is 77.6 Å². The van der Waals surface area contributed by atoms with Crippen LogP contribution in [0.2, 0.25) is 0 Å². The van der Waals surface area contributed by atoms with Crippen LogP contribution in [0.5, 0.6) is 0 Å². The summed E-state index contributed by atoms with van der Waals surface area (Å²) >= 11 is 0. The summed E-state index contributed by atoms with van der Waals surface area (Å²) in [5.41, 5.74) is 5.22. The molecule has 2 heterocycles. The molecule has 0 aliphatic heterocycles. The van der Waals surface area contributed by atoms with Gasteiger partial charge >= 0.3 is 0 Å². The molecule has 9 heteroatoms. The first-order valence-electron chi connectivity index (χ1n) is 13.1. The number of carbonyl (C=O) groups is 1. The lowest BCUT2D eigenvalue weighted by Gasteiger charge is -2.21. The molecule has 1 amide bonds. The van der Waals surface area contributed by atoms with E-state index in [4.69, 9.17) is 0 Å². The third kappa shape index (κ3) is 6.25. The molecule has 0 bridgehead atoms. The third-order valence-corrected chi connectivity index (χ3v) is 7.92. The van der Waals surface area contributed by atoms with E-state index in [-0.39, 0.29) is 11.3 Å². The van der Waals surface area contributed by atoms with Crippen LogP contribution in [0.15, 0.2) is 65.8 Å². The minimum Gasteiger partial charge on any atom is -0.370 e. The third-order valence-electron chi connectivity index (χ3n) is 6.94. The Kier molecular flexibility index (Phi) is 7.36. The van der Waals surface area contributed by atoms with E-state index in [1.165, 1.54) is 12.8 Å². The van der Waals surface area contributed by atoms with E-state index in [0.29, 0.717) is 21.8 Å². The highest BCUT2D eigenvalue weighted by atomic mass is 32.2. The molecule has 0 radical (unpaired) electrons. The second-order valence-corrected chi connectivity index (χ2v) is 12.5. The number of nitrogens with zero attached hydrogens (tertiary/aromatic N) is 4. The SMILES string of the molecule is Cc1ccc(C(=O)Nc2cc(C(C)(C)C)ccc2S(C)=O)cc1-n1cc(-c2ccc(NCC3CC3)nc2)nn1. The van der Waals surface area contributed by atoms with Crippen molar-refractivity contribution in [2.45, 2.75) is 50.8 Å². The monoisotopic (exact) mass is 542 g/mol. The highest BCUT2D eigenvalue weighted by molar-refractivity contribution is 7.84. The molecule has 8 nitrogen and oxygen atoms in total. The standard InChI is InChI=1S/C30H34N6O2S/c1-19-6-9-21(29(37)33-24-15-23(30(2,3)4)11-12-27(24)39(5)38)14-26(19)36-18-25(34-35-36)22-10-13-28(32-17-22)31-16-20-7-8-20/h6,9-15,17-18,20H,7-8,16H2,1-5H3,(H,31,32)(H,33,37). The number of hydrogen-bond acceptors (Lipinski definition) is 6. The van der Waals surface area contributed by atoms with Crippen LogP contribution in [0.4, 0.5) is 11.5 Å². The summed E-state index contributed by atoms with van der Waals surface area (Å²) in [7, 11) is -1.25. The highest BCUT2D eigenvalue weighted by Crippen LogP contribution is 2.30. The first kappa shape index (κ1) is 26.7. The minimum absolute atomic E-state index is 0.113. The van der Waals surface area contributed by atoms with E-state index in [0.717, 1.165) is 40.7 Å². The summed E-state index contributed by atoms with van der Waals surface area (Å²) in [6, 6.07) is 15.1. The van der Waals surface area contributed by atoms with E-state index in [1.807, 2.05) is 49.5 Å². The van der Waals surface area contributed by atoms with E-state index < -0.39 is 10.8 Å². The number of amides is 1. The van der Waals surface area contributed by atoms with Gasteiger partial charge in [0.2, 0.25) is 0 Å². The predicted octanol–water partition coefficient (Wildman–Crippen LogP) is 5.75. The van der Waals surface area contributed by atoms with Crippen molar-refractivity contribution in [1.29, 1.82) is 0 Å². The van der Waals surface area contributed by atoms with Gasteiger partial charge in [-0.25, -0.2) is 9.67 Å². The van der Waals surface area contributed by atoms with Crippen molar-refractivity contribution in [2.75, 3.05) is 23.4 Å². The number of hydrogen-bond donors (Lipinski definition) is 2. The Bertz CT molecular complexity index is 1530. The molecule has 1 aliphatic carbocycles. The molecule has 2 aromatic carbocycles. The molecule has 1 fully saturated rings. The molecule has 202 valence electrons. The second kappa shape index (κ2) is 10.7. The van der Waals surface area contributed by atoms with Crippen molar-refractivity contribution in [1.82, 2.24) is 20.0 Å². The van der Waals surface area contributed by atoms with E-state index in [9.17, 15) is 9.00 Å². The van der Waals surface area contributed by atoms with Crippen LogP contribution in [0, 0.1) is 12.8 Å². The molecule has 0 spiro atoms. The Balaban J connectivity index is 1.37. The smallest absolute Gasteiger partial charge is 0.255 e. The highest BCUT2D eigenvalue weighted by Gasteiger charge is 2.21. The molecule has 4 aromatic rings. The number of carbonyl (C=O) groups excluding carboxylic acids is 1. The summed E-state index contributed by atoms with van der Waals surface area (Å²) in [5.74, 6) is 1.35. The van der Waals surface area contributed by atoms with Gasteiger partial charge < -0.3 is 10.6 Å². The van der Waals surface area contributed by atoms with Gasteiger partial charge in [0.25, 0.3) is 5.91 Å². The van der Waals surface area contributed by atoms with Crippen molar-refractivity contribution in [3.8, 4) is 16.9 Å². The molecule has 5 rings (SSSR count). The van der Waals surface area contributed by atoms with Crippen LogP contribution in [0.1, 0.15) is 55.1 Å². The van der Waals surface area contributed by atoms with Gasteiger partial charge in [-0.15, -0.1) is 5.10 Å². The summed E-state index contributed by atoms with van der Waals surface area (Å²) in [6.45, 7) is 9.24. The Morgan fingerprint density at radius 1 is 1.10 bits per heavy atom. The molecule has 1 unspecified atom stereocenters. The summed E-state index contributed by atoms with van der Waals surface area (Å²) in [5, 5.41) is 15.0. The maximum Gasteiger partial charge on any atom is 0.255 e. The Labute approximate surface area is 231 Å². The number of benzene rings is 2. The van der Waals surface area contributed by atoms with Crippen LogP contribution >= 0.6 is 0 Å². The molecule has 1 atom stereocenters. The first-order valence-corrected chi connectivity index (χ1v) is 14.7. The van der Waals surface area contributed by atoms with Crippen LogP contribution < -0.4 is 10.6 Å². The molecule has 39 heavy (non-hydrogen) atoms. The van der Waals surface area contributed by atoms with Gasteiger partial charge in [-0.3, -0.25) is 9.00 Å². The number of aryl methyl sites for hydroxylation is 1. The molecule has 0 saturated heterocycles. The topological polar surface area (TPSA) is 102 Å². The van der Waals surface area contributed by atoms with Gasteiger partial charge in [-0.2, -0.15) is 0 Å². The predicted molar refractivity (Wildman–Crippen MR) is 156 cm³/mol. The lowest BCUT2D eigenvalue weighted by molar-refractivity contribution is 0.102. The maximum atomic E-state index is 13.3. The van der Waals surface area contributed by atoms with Gasteiger partial charge in [0.15, 0.2) is 0 Å². The molecule has 2 N–H and O–H groups in total. The number of aromatic nitrogens is 4. The van der Waals surface area contributed by atoms with Crippen LogP contribution in [-0.4, -0.2) is 42.9 Å². The van der Waals surface area contributed by atoms with E-state index >= 15 is 0 Å². The quantitative estimate of drug-likeness (QED) is 0.294. The second-order valence-electron chi connectivity index (χ2n) is 11.2. The summed E-state index contributed by atoms with van der Waals surface area (Å²) in [4.78, 5) is 18.4. The minimum atomic E-state index is -1.25. The lowest BCUT2D eigenvalue weighted by Crippen LogP contribution is -2.17. The van der Waals surface area contributed by atoms with Crippen molar-refractivity contribution < 1.29 is 9.00 Å². The molecular formula is C30H34N6O2S. The zero-order valence-electron chi connectivity index (χ0n) is 23.0. The van der Waals surface area contributed by atoms with Crippen LogP contribution in [0.25, 0.3) is 16.9 Å². The van der Waals surface area contributed by atoms with Crippen LogP contribution in [-0.2, 0) is 16.2 Å². The van der Waals surface area contributed by atoms with Gasteiger partial charge in [0.05, 0.1) is 33.3 Å². The molecule has 2 aromatic heterocycles. The lowest BCUT2D eigenvalue weighted by atomic mass is 9.87. The van der Waals surface area contributed by atoms with E-state index in [2.05, 4.69) is 46.7 Å². The van der Waals surface area contributed by atoms with E-state index in [1.54, 1.807) is 29.3 Å². The molecule has 1 saturated carbocycles. The maximum absolute atomic E-state index is 13.3. The van der Waals surface area contributed by atoms with Gasteiger partial charge in [0, 0.05) is 30.1 Å². The van der Waals surface area contributed by atoms with Gasteiger partial charge in [0.1, 0.15) is 11.5 Å². The average Bonchev–Trinajstić information content (AvgIpc) is 3.61. The fraction of sp³-hybridized carbons (Fsp3) is 0.333. The van der Waals surface area contributed by atoms with Crippen molar-refractivity contribution in [2.24, 2.45) is 5.92 Å². The molecule has 1 aliphatic rings. The van der Waals surface area contributed by atoms with Gasteiger partial charge in [-0.1, -0.05) is 38.1 Å². The fourth-order valence-electron chi connectivity index (χ4n) is 4.27. The Morgan fingerprint density at radius 3 is 2.56 bits per heavy atom. The molecular weight excluding hydrogens is 508 g/mol. The zero-order chi connectivity index (χ0) is 27.7. The fourth-order valence-corrected chi connectivity index (χ4v) is 4.95. The number of anilines is 2. The Hall–Kier alpha value is -3.85. The average molecular weight is 543 g/mol. The normalized spacial score (nSPS) is 14.2.